The summed E-state index contributed by atoms with van der Waals surface area (Å²) in [6, 6.07) is 7.17. The van der Waals surface area contributed by atoms with Crippen LogP contribution in [0.2, 0.25) is 0 Å². The average molecular weight is 314 g/mol. The van der Waals surface area contributed by atoms with E-state index < -0.39 is 23.7 Å². The minimum atomic E-state index is -0.889. The van der Waals surface area contributed by atoms with Gasteiger partial charge in [-0.15, -0.1) is 0 Å². The number of barbiturate groups is 1. The Morgan fingerprint density at radius 3 is 2.39 bits per heavy atom. The number of hydrogen-bond donors (Lipinski definition) is 1. The molecule has 0 bridgehead atoms. The predicted molar refractivity (Wildman–Crippen MR) is 78.8 cm³/mol. The second-order valence-corrected chi connectivity index (χ2v) is 4.88. The SMILES string of the molecule is Cc1ccc(/C=C2/C(=O)NC(=O)N(c3ccc(F)cc3)C2=O)o1. The maximum absolute atomic E-state index is 13.0. The van der Waals surface area contributed by atoms with Gasteiger partial charge in [0.05, 0.1) is 5.69 Å². The van der Waals surface area contributed by atoms with Gasteiger partial charge in [0.25, 0.3) is 11.8 Å². The first-order valence-electron chi connectivity index (χ1n) is 6.69. The molecule has 1 N–H and O–H groups in total. The standard InChI is InChI=1S/C16H11FN2O4/c1-9-2-7-12(23-9)8-13-14(20)18-16(22)19(15(13)21)11-5-3-10(17)4-6-11/h2-8H,1H3,(H,18,20,22)/b13-8-. The number of hydrogen-bond acceptors (Lipinski definition) is 4. The third-order valence-corrected chi connectivity index (χ3v) is 3.23. The summed E-state index contributed by atoms with van der Waals surface area (Å²) in [6.45, 7) is 1.72. The Morgan fingerprint density at radius 1 is 1.09 bits per heavy atom. The lowest BCUT2D eigenvalue weighted by Crippen LogP contribution is -2.54. The molecule has 0 atom stereocenters. The first kappa shape index (κ1) is 14.7. The van der Waals surface area contributed by atoms with E-state index in [1.807, 2.05) is 0 Å². The van der Waals surface area contributed by atoms with Gasteiger partial charge in [0.15, 0.2) is 0 Å². The molecule has 4 amide bonds. The zero-order valence-corrected chi connectivity index (χ0v) is 12.0. The Bertz CT molecular complexity index is 836. The number of imide groups is 2. The second kappa shape index (κ2) is 5.53. The molecule has 2 aromatic rings. The minimum Gasteiger partial charge on any atom is -0.462 e. The normalized spacial score (nSPS) is 16.9. The van der Waals surface area contributed by atoms with E-state index in [4.69, 9.17) is 4.42 Å². The Balaban J connectivity index is 2.00. The lowest BCUT2D eigenvalue weighted by atomic mass is 10.1. The van der Waals surface area contributed by atoms with Gasteiger partial charge in [-0.25, -0.2) is 14.1 Å². The summed E-state index contributed by atoms with van der Waals surface area (Å²) in [5.41, 5.74) is -0.0915. The van der Waals surface area contributed by atoms with Crippen molar-refractivity contribution >= 4 is 29.6 Å². The van der Waals surface area contributed by atoms with Gasteiger partial charge < -0.3 is 4.42 Å². The molecule has 7 heteroatoms. The Hall–Kier alpha value is -3.22. The maximum atomic E-state index is 13.0. The van der Waals surface area contributed by atoms with Crippen molar-refractivity contribution in [1.29, 1.82) is 0 Å². The van der Waals surface area contributed by atoms with Crippen molar-refractivity contribution in [3.63, 3.8) is 0 Å². The Morgan fingerprint density at radius 2 is 1.78 bits per heavy atom. The predicted octanol–water partition coefficient (Wildman–Crippen LogP) is 2.39. The molecule has 23 heavy (non-hydrogen) atoms. The fourth-order valence-electron chi connectivity index (χ4n) is 2.16. The summed E-state index contributed by atoms with van der Waals surface area (Å²) < 4.78 is 18.3. The Kier molecular flexibility index (Phi) is 3.53. The van der Waals surface area contributed by atoms with Crippen LogP contribution in [0.25, 0.3) is 6.08 Å². The molecule has 116 valence electrons. The monoisotopic (exact) mass is 314 g/mol. The van der Waals surface area contributed by atoms with E-state index >= 15 is 0 Å². The number of aryl methyl sites for hydroxylation is 1. The quantitative estimate of drug-likeness (QED) is 0.682. The highest BCUT2D eigenvalue weighted by Crippen LogP contribution is 2.22. The Labute approximate surface area is 130 Å². The lowest BCUT2D eigenvalue weighted by molar-refractivity contribution is -0.122. The molecule has 1 aromatic carbocycles. The maximum Gasteiger partial charge on any atom is 0.335 e. The third kappa shape index (κ3) is 2.76. The van der Waals surface area contributed by atoms with Crippen LogP contribution in [0.15, 0.2) is 46.4 Å². The third-order valence-electron chi connectivity index (χ3n) is 3.23. The zero-order chi connectivity index (χ0) is 16.6. The number of amides is 4. The van der Waals surface area contributed by atoms with Crippen LogP contribution in [-0.2, 0) is 9.59 Å². The molecule has 1 fully saturated rings. The van der Waals surface area contributed by atoms with Gasteiger partial charge in [-0.3, -0.25) is 14.9 Å². The smallest absolute Gasteiger partial charge is 0.335 e. The van der Waals surface area contributed by atoms with Gasteiger partial charge in [0.2, 0.25) is 0 Å². The van der Waals surface area contributed by atoms with E-state index in [9.17, 15) is 18.8 Å². The molecular weight excluding hydrogens is 303 g/mol. The van der Waals surface area contributed by atoms with E-state index in [0.717, 1.165) is 17.0 Å². The van der Waals surface area contributed by atoms with Crippen LogP contribution < -0.4 is 10.2 Å². The number of carbonyl (C=O) groups excluding carboxylic acids is 3. The fraction of sp³-hybridized carbons (Fsp3) is 0.0625. The van der Waals surface area contributed by atoms with Gasteiger partial charge in [0.1, 0.15) is 22.9 Å². The van der Waals surface area contributed by atoms with Crippen molar-refractivity contribution in [2.75, 3.05) is 4.90 Å². The van der Waals surface area contributed by atoms with Gasteiger partial charge in [0, 0.05) is 0 Å². The summed E-state index contributed by atoms with van der Waals surface area (Å²) in [6.07, 6.45) is 1.26. The van der Waals surface area contributed by atoms with Crippen LogP contribution in [0, 0.1) is 12.7 Å². The van der Waals surface area contributed by atoms with Crippen LogP contribution in [0.4, 0.5) is 14.9 Å². The van der Waals surface area contributed by atoms with Crippen molar-refractivity contribution in [1.82, 2.24) is 5.32 Å². The number of nitrogens with zero attached hydrogens (tertiary/aromatic N) is 1. The molecule has 1 saturated heterocycles. The van der Waals surface area contributed by atoms with Crippen molar-refractivity contribution < 1.29 is 23.2 Å². The van der Waals surface area contributed by atoms with Gasteiger partial charge in [-0.2, -0.15) is 0 Å². The van der Waals surface area contributed by atoms with Crippen LogP contribution in [-0.4, -0.2) is 17.8 Å². The van der Waals surface area contributed by atoms with E-state index in [-0.39, 0.29) is 11.3 Å². The summed E-state index contributed by atoms with van der Waals surface area (Å²) in [4.78, 5) is 37.1. The number of benzene rings is 1. The number of carbonyl (C=O) groups is 3. The number of urea groups is 1. The molecule has 0 unspecified atom stereocenters. The van der Waals surface area contributed by atoms with E-state index in [1.165, 1.54) is 18.2 Å². The first-order chi connectivity index (χ1) is 11.0. The van der Waals surface area contributed by atoms with Gasteiger partial charge in [-0.1, -0.05) is 0 Å². The number of anilines is 1. The van der Waals surface area contributed by atoms with Crippen LogP contribution in [0.3, 0.4) is 0 Å². The van der Waals surface area contributed by atoms with Crippen molar-refractivity contribution in [3.8, 4) is 0 Å². The van der Waals surface area contributed by atoms with Crippen LogP contribution in [0.1, 0.15) is 11.5 Å². The average Bonchev–Trinajstić information content (AvgIpc) is 2.91. The topological polar surface area (TPSA) is 79.6 Å². The van der Waals surface area contributed by atoms with Crippen molar-refractivity contribution in [2.24, 2.45) is 0 Å². The molecule has 1 aliphatic rings. The summed E-state index contributed by atoms with van der Waals surface area (Å²) >= 11 is 0. The summed E-state index contributed by atoms with van der Waals surface area (Å²) in [5, 5.41) is 2.07. The fourth-order valence-corrected chi connectivity index (χ4v) is 2.16. The molecule has 1 aliphatic heterocycles. The number of halogens is 1. The molecule has 1 aromatic heterocycles. The second-order valence-electron chi connectivity index (χ2n) is 4.88. The van der Waals surface area contributed by atoms with Crippen LogP contribution in [0.5, 0.6) is 0 Å². The first-order valence-corrected chi connectivity index (χ1v) is 6.69. The highest BCUT2D eigenvalue weighted by molar-refractivity contribution is 6.39. The highest BCUT2D eigenvalue weighted by Gasteiger charge is 2.37. The van der Waals surface area contributed by atoms with E-state index in [0.29, 0.717) is 11.5 Å². The molecule has 6 nitrogen and oxygen atoms in total. The van der Waals surface area contributed by atoms with Crippen molar-refractivity contribution in [3.05, 3.63) is 59.3 Å². The largest absolute Gasteiger partial charge is 0.462 e. The number of nitrogens with one attached hydrogen (secondary N) is 1. The molecule has 3 rings (SSSR count). The molecule has 2 heterocycles. The van der Waals surface area contributed by atoms with Crippen LogP contribution >= 0.6 is 0 Å². The van der Waals surface area contributed by atoms with E-state index in [1.54, 1.807) is 19.1 Å². The molecule has 0 radical (unpaired) electrons. The zero-order valence-electron chi connectivity index (χ0n) is 12.0. The molecular formula is C16H11FN2O4. The number of rotatable bonds is 2. The minimum absolute atomic E-state index is 0.155. The van der Waals surface area contributed by atoms with Crippen molar-refractivity contribution in [2.45, 2.75) is 6.92 Å². The molecule has 0 spiro atoms. The van der Waals surface area contributed by atoms with E-state index in [2.05, 4.69) is 5.32 Å². The number of furan rings is 1. The molecule has 0 aliphatic carbocycles. The summed E-state index contributed by atoms with van der Waals surface area (Å²) in [7, 11) is 0. The lowest BCUT2D eigenvalue weighted by Gasteiger charge is -2.26. The molecule has 0 saturated carbocycles. The van der Waals surface area contributed by atoms with Gasteiger partial charge >= 0.3 is 6.03 Å². The summed E-state index contributed by atoms with van der Waals surface area (Å²) in [5.74, 6) is -1.19. The highest BCUT2D eigenvalue weighted by atomic mass is 19.1. The van der Waals surface area contributed by atoms with Gasteiger partial charge in [-0.05, 0) is 49.4 Å².